The third-order valence-electron chi connectivity index (χ3n) is 6.11. The van der Waals surface area contributed by atoms with Crippen LogP contribution < -0.4 is 20.1 Å². The number of halogens is 1. The average Bonchev–Trinajstić information content (AvgIpc) is 2.92. The molecule has 1 aliphatic rings. The Morgan fingerprint density at radius 1 is 1.05 bits per heavy atom. The standard InChI is InChI=1S/C27H27ClN6O3S/c1-18-10-11-19(34-38(35,36)25-9-3-2-8-22(25)28)16-24(18)37-26-21(7-5-14-30-26)23-12-15-31-27(33-23)32-20-6-4-13-29-17-20/h2-3,5,7-12,14-16,20,29,34H,4,6,13,17H2,1H3,(H,31,32,33)/t20-/m0/s1. The molecule has 1 saturated heterocycles. The van der Waals surface area contributed by atoms with Crippen molar-refractivity contribution in [3.63, 3.8) is 0 Å². The van der Waals surface area contributed by atoms with Gasteiger partial charge >= 0.3 is 0 Å². The molecule has 2 aromatic carbocycles. The van der Waals surface area contributed by atoms with Crippen LogP contribution in [0.1, 0.15) is 18.4 Å². The molecule has 0 aliphatic carbocycles. The van der Waals surface area contributed by atoms with Gasteiger partial charge in [-0.05, 0) is 68.3 Å². The third kappa shape index (κ3) is 6.04. The molecule has 11 heteroatoms. The van der Waals surface area contributed by atoms with Gasteiger partial charge in [-0.1, -0.05) is 29.8 Å². The Morgan fingerprint density at radius 2 is 1.92 bits per heavy atom. The number of anilines is 2. The molecular weight excluding hydrogens is 524 g/mol. The SMILES string of the molecule is Cc1ccc(NS(=O)(=O)c2ccccc2Cl)cc1Oc1ncccc1-c1ccnc(N[C@H]2CCCNC2)n1. The maximum absolute atomic E-state index is 12.9. The van der Waals surface area contributed by atoms with Crippen molar-refractivity contribution in [1.82, 2.24) is 20.3 Å². The van der Waals surface area contributed by atoms with E-state index in [0.717, 1.165) is 31.5 Å². The molecule has 0 spiro atoms. The number of ether oxygens (including phenoxy) is 1. The first-order valence-electron chi connectivity index (χ1n) is 12.2. The van der Waals surface area contributed by atoms with E-state index in [1.54, 1.807) is 48.8 Å². The predicted molar refractivity (Wildman–Crippen MR) is 148 cm³/mol. The highest BCUT2D eigenvalue weighted by molar-refractivity contribution is 7.92. The van der Waals surface area contributed by atoms with Crippen LogP contribution in [-0.4, -0.2) is 42.5 Å². The van der Waals surface area contributed by atoms with Crippen LogP contribution in [0.4, 0.5) is 11.6 Å². The number of sulfonamides is 1. The maximum atomic E-state index is 12.9. The van der Waals surface area contributed by atoms with Gasteiger partial charge in [-0.25, -0.2) is 23.4 Å². The summed E-state index contributed by atoms with van der Waals surface area (Å²) in [5.74, 6) is 1.33. The number of aryl methyl sites for hydroxylation is 1. The molecule has 0 saturated carbocycles. The Morgan fingerprint density at radius 3 is 2.74 bits per heavy atom. The lowest BCUT2D eigenvalue weighted by Gasteiger charge is -2.23. The summed E-state index contributed by atoms with van der Waals surface area (Å²) in [6.07, 6.45) is 5.49. The molecule has 1 aliphatic heterocycles. The number of nitrogens with zero attached hydrogens (tertiary/aromatic N) is 3. The van der Waals surface area contributed by atoms with E-state index in [1.807, 2.05) is 19.1 Å². The summed E-state index contributed by atoms with van der Waals surface area (Å²) in [6, 6.07) is 17.1. The molecule has 5 rings (SSSR count). The van der Waals surface area contributed by atoms with E-state index in [9.17, 15) is 8.42 Å². The van der Waals surface area contributed by atoms with Gasteiger partial charge in [0.1, 0.15) is 10.6 Å². The first kappa shape index (κ1) is 25.9. The lowest BCUT2D eigenvalue weighted by Crippen LogP contribution is -2.38. The topological polar surface area (TPSA) is 118 Å². The lowest BCUT2D eigenvalue weighted by atomic mass is 10.1. The second-order valence-corrected chi connectivity index (χ2v) is 11.0. The van der Waals surface area contributed by atoms with Gasteiger partial charge in [0, 0.05) is 31.0 Å². The molecule has 3 heterocycles. The molecule has 196 valence electrons. The molecule has 0 bridgehead atoms. The number of benzene rings is 2. The molecule has 0 unspecified atom stereocenters. The summed E-state index contributed by atoms with van der Waals surface area (Å²) in [5.41, 5.74) is 2.47. The van der Waals surface area contributed by atoms with Gasteiger partial charge in [-0.2, -0.15) is 0 Å². The van der Waals surface area contributed by atoms with Crippen LogP contribution in [0.15, 0.2) is 78.0 Å². The van der Waals surface area contributed by atoms with Crippen LogP contribution in [0.3, 0.4) is 0 Å². The summed E-state index contributed by atoms with van der Waals surface area (Å²) in [7, 11) is -3.90. The number of pyridine rings is 1. The highest BCUT2D eigenvalue weighted by Gasteiger charge is 2.19. The first-order chi connectivity index (χ1) is 18.4. The molecular formula is C27H27ClN6O3S. The van der Waals surface area contributed by atoms with Crippen molar-refractivity contribution in [3.8, 4) is 22.9 Å². The summed E-state index contributed by atoms with van der Waals surface area (Å²) in [4.78, 5) is 13.5. The number of rotatable bonds is 8. The number of aromatic nitrogens is 3. The molecule has 9 nitrogen and oxygen atoms in total. The van der Waals surface area contributed by atoms with Crippen molar-refractivity contribution in [3.05, 3.63) is 83.6 Å². The van der Waals surface area contributed by atoms with E-state index in [0.29, 0.717) is 34.5 Å². The summed E-state index contributed by atoms with van der Waals surface area (Å²) >= 11 is 6.11. The number of hydrogen-bond acceptors (Lipinski definition) is 8. The summed E-state index contributed by atoms with van der Waals surface area (Å²) in [5, 5.41) is 6.91. The van der Waals surface area contributed by atoms with Crippen molar-refractivity contribution < 1.29 is 13.2 Å². The van der Waals surface area contributed by atoms with E-state index in [1.165, 1.54) is 12.1 Å². The molecule has 38 heavy (non-hydrogen) atoms. The number of hydrogen-bond donors (Lipinski definition) is 3. The zero-order chi connectivity index (χ0) is 26.5. The molecule has 1 fully saturated rings. The molecule has 0 radical (unpaired) electrons. The Labute approximate surface area is 226 Å². The van der Waals surface area contributed by atoms with E-state index in [4.69, 9.17) is 21.3 Å². The van der Waals surface area contributed by atoms with Gasteiger partial charge in [-0.3, -0.25) is 4.72 Å². The van der Waals surface area contributed by atoms with Crippen LogP contribution in [0.25, 0.3) is 11.3 Å². The first-order valence-corrected chi connectivity index (χ1v) is 14.1. The van der Waals surface area contributed by atoms with Crippen molar-refractivity contribution in [2.24, 2.45) is 0 Å². The summed E-state index contributed by atoms with van der Waals surface area (Å²) < 4.78 is 34.6. The second kappa shape index (κ2) is 11.3. The van der Waals surface area contributed by atoms with Gasteiger partial charge in [0.2, 0.25) is 11.8 Å². The van der Waals surface area contributed by atoms with Crippen LogP contribution in [0.5, 0.6) is 11.6 Å². The lowest BCUT2D eigenvalue weighted by molar-refractivity contribution is 0.461. The fourth-order valence-electron chi connectivity index (χ4n) is 4.15. The van der Waals surface area contributed by atoms with E-state index < -0.39 is 10.0 Å². The highest BCUT2D eigenvalue weighted by Crippen LogP contribution is 2.34. The average molecular weight is 551 g/mol. The normalized spacial score (nSPS) is 15.6. The van der Waals surface area contributed by atoms with Crippen LogP contribution in [0, 0.1) is 6.92 Å². The Balaban J connectivity index is 1.40. The van der Waals surface area contributed by atoms with Gasteiger partial charge in [0.25, 0.3) is 10.0 Å². The number of piperidine rings is 1. The molecule has 3 N–H and O–H groups in total. The molecule has 0 amide bonds. The maximum Gasteiger partial charge on any atom is 0.263 e. The van der Waals surface area contributed by atoms with Crippen LogP contribution in [-0.2, 0) is 10.0 Å². The summed E-state index contributed by atoms with van der Waals surface area (Å²) in [6.45, 7) is 3.76. The van der Waals surface area contributed by atoms with Gasteiger partial charge in [-0.15, -0.1) is 0 Å². The molecule has 4 aromatic rings. The predicted octanol–water partition coefficient (Wildman–Crippen LogP) is 5.26. The van der Waals surface area contributed by atoms with Gasteiger partial charge in [0.15, 0.2) is 0 Å². The zero-order valence-electron chi connectivity index (χ0n) is 20.7. The van der Waals surface area contributed by atoms with Crippen LogP contribution >= 0.6 is 11.6 Å². The number of nitrogens with one attached hydrogen (secondary N) is 3. The minimum absolute atomic E-state index is 0.00564. The van der Waals surface area contributed by atoms with E-state index >= 15 is 0 Å². The monoisotopic (exact) mass is 550 g/mol. The fraction of sp³-hybridized carbons (Fsp3) is 0.222. The third-order valence-corrected chi connectivity index (χ3v) is 7.99. The van der Waals surface area contributed by atoms with Crippen molar-refractivity contribution in [2.45, 2.75) is 30.7 Å². The molecule has 1 atom stereocenters. The largest absolute Gasteiger partial charge is 0.438 e. The minimum atomic E-state index is -3.90. The van der Waals surface area contributed by atoms with Crippen molar-refractivity contribution in [2.75, 3.05) is 23.1 Å². The fourth-order valence-corrected chi connectivity index (χ4v) is 5.72. The smallest absolute Gasteiger partial charge is 0.263 e. The van der Waals surface area contributed by atoms with E-state index in [2.05, 4.69) is 25.3 Å². The van der Waals surface area contributed by atoms with Gasteiger partial charge < -0.3 is 15.4 Å². The quantitative estimate of drug-likeness (QED) is 0.272. The van der Waals surface area contributed by atoms with Crippen molar-refractivity contribution in [1.29, 1.82) is 0 Å². The second-order valence-electron chi connectivity index (χ2n) is 8.93. The van der Waals surface area contributed by atoms with E-state index in [-0.39, 0.29) is 16.0 Å². The van der Waals surface area contributed by atoms with Gasteiger partial charge in [0.05, 0.1) is 22.0 Å². The minimum Gasteiger partial charge on any atom is -0.438 e. The molecule has 2 aromatic heterocycles. The highest BCUT2D eigenvalue weighted by atomic mass is 35.5. The zero-order valence-corrected chi connectivity index (χ0v) is 22.3. The van der Waals surface area contributed by atoms with Crippen LogP contribution in [0.2, 0.25) is 5.02 Å². The Hall–Kier alpha value is -3.73. The Bertz CT molecular complexity index is 1540. The Kier molecular flexibility index (Phi) is 7.73. The van der Waals surface area contributed by atoms with Crippen molar-refractivity contribution >= 4 is 33.3 Å².